The van der Waals surface area contributed by atoms with Gasteiger partial charge in [0.1, 0.15) is 11.6 Å². The highest BCUT2D eigenvalue weighted by Crippen LogP contribution is 2.65. The van der Waals surface area contributed by atoms with E-state index in [0.29, 0.717) is 48.1 Å². The summed E-state index contributed by atoms with van der Waals surface area (Å²) >= 11 is 0. The second-order valence-corrected chi connectivity index (χ2v) is 8.70. The number of ketones is 2. The van der Waals surface area contributed by atoms with Crippen LogP contribution in [0.2, 0.25) is 0 Å². The summed E-state index contributed by atoms with van der Waals surface area (Å²) in [4.78, 5) is 24.3. The SMILES string of the molecule is C[C@]12CCC3C(CC[C@H]4CC(=O)CC[C@]34CO)C1CCC2=O. The lowest BCUT2D eigenvalue weighted by Gasteiger charge is -2.59. The van der Waals surface area contributed by atoms with Crippen molar-refractivity contribution in [2.75, 3.05) is 6.61 Å². The highest BCUT2D eigenvalue weighted by Gasteiger charge is 2.61. The van der Waals surface area contributed by atoms with Crippen molar-refractivity contribution >= 4 is 11.6 Å². The molecule has 0 aromatic rings. The van der Waals surface area contributed by atoms with Crippen molar-refractivity contribution in [1.82, 2.24) is 0 Å². The molecular weight excluding hydrogens is 276 g/mol. The van der Waals surface area contributed by atoms with E-state index in [1.165, 1.54) is 0 Å². The maximum absolute atomic E-state index is 12.4. The number of aliphatic hydroxyl groups excluding tert-OH is 1. The van der Waals surface area contributed by atoms with Gasteiger partial charge in [0.25, 0.3) is 0 Å². The fourth-order valence-electron chi connectivity index (χ4n) is 6.93. The second-order valence-electron chi connectivity index (χ2n) is 8.70. The van der Waals surface area contributed by atoms with Crippen molar-refractivity contribution in [3.8, 4) is 0 Å². The molecule has 6 atom stereocenters. The van der Waals surface area contributed by atoms with Crippen molar-refractivity contribution in [3.63, 3.8) is 0 Å². The van der Waals surface area contributed by atoms with Gasteiger partial charge in [-0.05, 0) is 62.2 Å². The van der Waals surface area contributed by atoms with E-state index in [1.54, 1.807) is 0 Å². The molecule has 4 saturated carbocycles. The van der Waals surface area contributed by atoms with E-state index in [0.717, 1.165) is 44.9 Å². The van der Waals surface area contributed by atoms with Crippen LogP contribution in [0, 0.1) is 34.5 Å². The zero-order valence-electron chi connectivity index (χ0n) is 13.6. The average molecular weight is 304 g/mol. The standard InChI is InChI=1S/C19H28O3/c1-18-8-7-16-14(15(18)4-5-17(18)22)3-2-12-10-13(21)6-9-19(12,16)11-20/h12,14-16,20H,2-11H2,1H3/t12-,14?,15?,16?,18-,19+/m0/s1. The number of rotatable bonds is 1. The molecule has 0 saturated heterocycles. The second kappa shape index (κ2) is 4.90. The Hall–Kier alpha value is -0.700. The molecule has 3 heteroatoms. The number of hydrogen-bond acceptors (Lipinski definition) is 3. The number of carbonyl (C=O) groups is 2. The van der Waals surface area contributed by atoms with Crippen LogP contribution in [-0.4, -0.2) is 23.3 Å². The summed E-state index contributed by atoms with van der Waals surface area (Å²) in [6.07, 6.45) is 8.36. The third-order valence-corrected chi connectivity index (χ3v) is 8.18. The molecule has 22 heavy (non-hydrogen) atoms. The molecule has 0 aromatic carbocycles. The van der Waals surface area contributed by atoms with Gasteiger partial charge < -0.3 is 5.11 Å². The molecule has 0 radical (unpaired) electrons. The van der Waals surface area contributed by atoms with Crippen LogP contribution in [0.25, 0.3) is 0 Å². The van der Waals surface area contributed by atoms with Crippen LogP contribution in [0.3, 0.4) is 0 Å². The van der Waals surface area contributed by atoms with Crippen LogP contribution in [0.1, 0.15) is 64.7 Å². The van der Waals surface area contributed by atoms with Gasteiger partial charge in [0.15, 0.2) is 0 Å². The van der Waals surface area contributed by atoms with Crippen LogP contribution >= 0.6 is 0 Å². The molecule has 0 spiro atoms. The Kier molecular flexibility index (Phi) is 3.31. The molecule has 122 valence electrons. The topological polar surface area (TPSA) is 54.4 Å². The molecule has 0 aliphatic heterocycles. The van der Waals surface area contributed by atoms with E-state index < -0.39 is 0 Å². The number of aliphatic hydroxyl groups is 1. The van der Waals surface area contributed by atoms with E-state index in [2.05, 4.69) is 6.92 Å². The lowest BCUT2D eigenvalue weighted by atomic mass is 9.45. The van der Waals surface area contributed by atoms with E-state index in [4.69, 9.17) is 0 Å². The monoisotopic (exact) mass is 304 g/mol. The first-order chi connectivity index (χ1) is 10.5. The molecule has 0 bridgehead atoms. The molecular formula is C19H28O3. The minimum atomic E-state index is -0.0882. The molecule has 3 unspecified atom stereocenters. The fraction of sp³-hybridized carbons (Fsp3) is 0.895. The van der Waals surface area contributed by atoms with E-state index in [9.17, 15) is 14.7 Å². The van der Waals surface area contributed by atoms with E-state index >= 15 is 0 Å². The predicted molar refractivity (Wildman–Crippen MR) is 83.2 cm³/mol. The lowest BCUT2D eigenvalue weighted by molar-refractivity contribution is -0.154. The Balaban J connectivity index is 1.68. The molecule has 0 heterocycles. The minimum Gasteiger partial charge on any atom is -0.396 e. The molecule has 4 rings (SSSR count). The highest BCUT2D eigenvalue weighted by atomic mass is 16.3. The maximum Gasteiger partial charge on any atom is 0.139 e. The van der Waals surface area contributed by atoms with Crippen molar-refractivity contribution in [3.05, 3.63) is 0 Å². The molecule has 4 fully saturated rings. The van der Waals surface area contributed by atoms with Crippen LogP contribution in [0.15, 0.2) is 0 Å². The lowest BCUT2D eigenvalue weighted by Crippen LogP contribution is -2.56. The van der Waals surface area contributed by atoms with Crippen LogP contribution in [0.4, 0.5) is 0 Å². The quantitative estimate of drug-likeness (QED) is 0.809. The van der Waals surface area contributed by atoms with Gasteiger partial charge in [0.05, 0.1) is 0 Å². The van der Waals surface area contributed by atoms with Gasteiger partial charge in [-0.3, -0.25) is 9.59 Å². The van der Waals surface area contributed by atoms with E-state index in [-0.39, 0.29) is 17.4 Å². The zero-order valence-corrected chi connectivity index (χ0v) is 13.6. The Morgan fingerprint density at radius 3 is 2.64 bits per heavy atom. The highest BCUT2D eigenvalue weighted by molar-refractivity contribution is 5.87. The number of carbonyl (C=O) groups excluding carboxylic acids is 2. The van der Waals surface area contributed by atoms with Crippen molar-refractivity contribution in [2.45, 2.75) is 64.7 Å². The third-order valence-electron chi connectivity index (χ3n) is 8.18. The number of Topliss-reactive ketones (excluding diaryl/α,β-unsaturated/α-hetero) is 2. The van der Waals surface area contributed by atoms with Crippen LogP contribution in [0.5, 0.6) is 0 Å². The average Bonchev–Trinajstić information content (AvgIpc) is 2.82. The van der Waals surface area contributed by atoms with Gasteiger partial charge in [-0.1, -0.05) is 6.92 Å². The predicted octanol–water partition coefficient (Wildman–Crippen LogP) is 3.14. The number of hydrogen-bond donors (Lipinski definition) is 1. The minimum absolute atomic E-state index is 0.0240. The third kappa shape index (κ3) is 1.78. The Bertz CT molecular complexity index is 513. The molecule has 0 aromatic heterocycles. The van der Waals surface area contributed by atoms with Gasteiger partial charge >= 0.3 is 0 Å². The van der Waals surface area contributed by atoms with Gasteiger partial charge in [-0.2, -0.15) is 0 Å². The van der Waals surface area contributed by atoms with Gasteiger partial charge in [0.2, 0.25) is 0 Å². The zero-order chi connectivity index (χ0) is 15.5. The van der Waals surface area contributed by atoms with Crippen molar-refractivity contribution in [1.29, 1.82) is 0 Å². The summed E-state index contributed by atoms with van der Waals surface area (Å²) in [5.41, 5.74) is -0.112. The van der Waals surface area contributed by atoms with E-state index in [1.807, 2.05) is 0 Å². The summed E-state index contributed by atoms with van der Waals surface area (Å²) in [6.45, 7) is 2.44. The first-order valence-electron chi connectivity index (χ1n) is 9.17. The molecule has 3 nitrogen and oxygen atoms in total. The van der Waals surface area contributed by atoms with Crippen molar-refractivity contribution < 1.29 is 14.7 Å². The maximum atomic E-state index is 12.4. The summed E-state index contributed by atoms with van der Waals surface area (Å²) in [5, 5.41) is 10.3. The molecule has 1 N–H and O–H groups in total. The van der Waals surface area contributed by atoms with Crippen LogP contribution in [-0.2, 0) is 9.59 Å². The van der Waals surface area contributed by atoms with Gasteiger partial charge in [-0.25, -0.2) is 0 Å². The first kappa shape index (κ1) is 14.9. The molecule has 0 amide bonds. The molecule has 4 aliphatic carbocycles. The van der Waals surface area contributed by atoms with Gasteiger partial charge in [0, 0.05) is 36.7 Å². The van der Waals surface area contributed by atoms with Crippen molar-refractivity contribution in [2.24, 2.45) is 34.5 Å². The summed E-state index contributed by atoms with van der Waals surface area (Å²) in [5.74, 6) is 2.93. The normalized spacial score (nSPS) is 51.2. The van der Waals surface area contributed by atoms with Crippen LogP contribution < -0.4 is 0 Å². The smallest absolute Gasteiger partial charge is 0.139 e. The summed E-state index contributed by atoms with van der Waals surface area (Å²) in [7, 11) is 0. The fourth-order valence-corrected chi connectivity index (χ4v) is 6.93. The Labute approximate surface area is 132 Å². The van der Waals surface area contributed by atoms with Gasteiger partial charge in [-0.15, -0.1) is 0 Å². The Morgan fingerprint density at radius 1 is 1.05 bits per heavy atom. The summed E-state index contributed by atoms with van der Waals surface area (Å²) < 4.78 is 0. The first-order valence-corrected chi connectivity index (χ1v) is 9.17. The Morgan fingerprint density at radius 2 is 1.86 bits per heavy atom. The number of fused-ring (bicyclic) bond motifs is 5. The largest absolute Gasteiger partial charge is 0.396 e. The molecule has 4 aliphatic rings. The summed E-state index contributed by atoms with van der Waals surface area (Å²) in [6, 6.07) is 0.